The predicted octanol–water partition coefficient (Wildman–Crippen LogP) is -0.579. The van der Waals surface area contributed by atoms with Crippen LogP contribution in [0.15, 0.2) is 0 Å². The number of carbonyl (C=O) groups excluding carboxylic acids is 1. The molecule has 0 aromatic carbocycles. The van der Waals surface area contributed by atoms with Crippen LogP contribution in [0.3, 0.4) is 0 Å². The molecule has 4 N–H and O–H groups in total. The van der Waals surface area contributed by atoms with E-state index in [1.54, 1.807) is 11.8 Å². The Labute approximate surface area is 85.5 Å². The topological polar surface area (TPSA) is 118 Å². The Balaban J connectivity index is 0. The summed E-state index contributed by atoms with van der Waals surface area (Å²) in [4.78, 5) is 28.0. The first-order valence-electron chi connectivity index (χ1n) is 3.61. The first-order valence-corrected chi connectivity index (χ1v) is 5.00. The molecule has 0 heterocycles. The molecule has 0 saturated heterocycles. The van der Waals surface area contributed by atoms with Crippen molar-refractivity contribution in [3.05, 3.63) is 0 Å². The van der Waals surface area contributed by atoms with E-state index in [9.17, 15) is 4.79 Å². The third-order valence-electron chi connectivity index (χ3n) is 1.05. The maximum Gasteiger partial charge on any atom is 0.368 e. The summed E-state index contributed by atoms with van der Waals surface area (Å²) in [5, 5.41) is 15.6. The monoisotopic (exact) mass is 223 g/mol. The van der Waals surface area contributed by atoms with E-state index < -0.39 is 18.0 Å². The summed E-state index contributed by atoms with van der Waals surface area (Å²) < 4.78 is 0. The maximum absolute atomic E-state index is 10.1. The zero-order valence-electron chi connectivity index (χ0n) is 7.67. The van der Waals surface area contributed by atoms with Gasteiger partial charge in [-0.1, -0.05) is 0 Å². The van der Waals surface area contributed by atoms with Crippen molar-refractivity contribution in [3.8, 4) is 0 Å². The number of aldehydes is 1. The lowest BCUT2D eigenvalue weighted by atomic mass is 10.2. The number of hydrogen-bond acceptors (Lipinski definition) is 5. The molecule has 0 aromatic rings. The standard InChI is InChI=1S/C5H11NO2S.C2H2O3/c1-9-3-2-4(6)5(7)8;3-1-2(4)5/h4H,2-3,6H2,1H3,(H,7,8);1H,(H,4,5)/t4-;/m0./s1. The Hall–Kier alpha value is -1.08. The smallest absolute Gasteiger partial charge is 0.368 e. The van der Waals surface area contributed by atoms with Gasteiger partial charge in [0.1, 0.15) is 6.04 Å². The summed E-state index contributed by atoms with van der Waals surface area (Å²) in [5.41, 5.74) is 5.19. The molecule has 0 saturated carbocycles. The van der Waals surface area contributed by atoms with Gasteiger partial charge in [0.25, 0.3) is 0 Å². The summed E-state index contributed by atoms with van der Waals surface area (Å²) in [6, 6.07) is -0.683. The Morgan fingerprint density at radius 1 is 1.50 bits per heavy atom. The van der Waals surface area contributed by atoms with Crippen LogP contribution in [-0.2, 0) is 14.4 Å². The SMILES string of the molecule is CSCC[C@H](N)C(=O)O.O=CC(=O)O. The molecule has 6 nitrogen and oxygen atoms in total. The number of carboxylic acid groups (broad SMARTS) is 2. The highest BCUT2D eigenvalue weighted by atomic mass is 32.2. The molecule has 0 aromatic heterocycles. The normalized spacial score (nSPS) is 10.7. The van der Waals surface area contributed by atoms with E-state index in [1.807, 2.05) is 6.26 Å². The fraction of sp³-hybridized carbons (Fsp3) is 0.571. The molecule has 0 fully saturated rings. The Bertz CT molecular complexity index is 197. The number of thioether (sulfide) groups is 1. The van der Waals surface area contributed by atoms with E-state index in [0.717, 1.165) is 5.75 Å². The van der Waals surface area contributed by atoms with Gasteiger partial charge in [0, 0.05) is 0 Å². The van der Waals surface area contributed by atoms with Gasteiger partial charge < -0.3 is 15.9 Å². The molecule has 1 atom stereocenters. The second-order valence-electron chi connectivity index (χ2n) is 2.18. The van der Waals surface area contributed by atoms with E-state index in [1.165, 1.54) is 0 Å². The van der Waals surface area contributed by atoms with Crippen molar-refractivity contribution in [2.75, 3.05) is 12.0 Å². The van der Waals surface area contributed by atoms with Crippen molar-refractivity contribution >= 4 is 30.0 Å². The van der Waals surface area contributed by atoms with E-state index in [0.29, 0.717) is 6.42 Å². The first-order chi connectivity index (χ1) is 6.45. The second-order valence-corrected chi connectivity index (χ2v) is 3.17. The molecule has 0 aliphatic rings. The largest absolute Gasteiger partial charge is 0.480 e. The minimum Gasteiger partial charge on any atom is -0.480 e. The highest BCUT2D eigenvalue weighted by Crippen LogP contribution is 1.97. The van der Waals surface area contributed by atoms with Crippen LogP contribution >= 0.6 is 11.8 Å². The summed E-state index contributed by atoms with van der Waals surface area (Å²) in [7, 11) is 0. The number of nitrogens with two attached hydrogens (primary N) is 1. The fourth-order valence-corrected chi connectivity index (χ4v) is 0.858. The number of aliphatic carboxylic acids is 2. The fourth-order valence-electron chi connectivity index (χ4n) is 0.368. The van der Waals surface area contributed by atoms with Crippen LogP contribution in [-0.4, -0.2) is 46.5 Å². The second kappa shape index (κ2) is 10.0. The van der Waals surface area contributed by atoms with Gasteiger partial charge in [-0.05, 0) is 18.4 Å². The molecular weight excluding hydrogens is 210 g/mol. The van der Waals surface area contributed by atoms with Crippen molar-refractivity contribution in [2.45, 2.75) is 12.5 Å². The minimum atomic E-state index is -1.43. The van der Waals surface area contributed by atoms with Crippen LogP contribution in [0, 0.1) is 0 Å². The van der Waals surface area contributed by atoms with E-state index in [2.05, 4.69) is 0 Å². The zero-order chi connectivity index (χ0) is 11.6. The molecule has 0 aliphatic heterocycles. The predicted molar refractivity (Wildman–Crippen MR) is 52.3 cm³/mol. The molecule has 0 amide bonds. The average Bonchev–Trinajstić information content (AvgIpc) is 2.14. The highest BCUT2D eigenvalue weighted by molar-refractivity contribution is 7.98. The summed E-state index contributed by atoms with van der Waals surface area (Å²) in [6.45, 7) is 0. The van der Waals surface area contributed by atoms with Gasteiger partial charge in [-0.25, -0.2) is 4.79 Å². The molecule has 0 aliphatic carbocycles. The molecule has 7 heteroatoms. The van der Waals surface area contributed by atoms with Gasteiger partial charge >= 0.3 is 11.9 Å². The van der Waals surface area contributed by atoms with E-state index >= 15 is 0 Å². The Morgan fingerprint density at radius 3 is 2.14 bits per heavy atom. The number of hydrogen-bond donors (Lipinski definition) is 3. The van der Waals surface area contributed by atoms with E-state index in [-0.39, 0.29) is 6.29 Å². The Kier molecular flexibility index (Phi) is 11.0. The average molecular weight is 223 g/mol. The third kappa shape index (κ3) is 13.5. The lowest BCUT2D eigenvalue weighted by molar-refractivity contribution is -0.143. The summed E-state index contributed by atoms with van der Waals surface area (Å²) in [6.07, 6.45) is 2.31. The quantitative estimate of drug-likeness (QED) is 0.421. The molecule has 82 valence electrons. The molecule has 14 heavy (non-hydrogen) atoms. The van der Waals surface area contributed by atoms with Crippen LogP contribution in [0.4, 0.5) is 0 Å². The summed E-state index contributed by atoms with van der Waals surface area (Å²) in [5.74, 6) is -1.53. The van der Waals surface area contributed by atoms with Crippen LogP contribution < -0.4 is 5.73 Å². The molecule has 0 bridgehead atoms. The lowest BCUT2D eigenvalue weighted by Crippen LogP contribution is -2.30. The minimum absolute atomic E-state index is 0.167. The van der Waals surface area contributed by atoms with Crippen molar-refractivity contribution in [1.29, 1.82) is 0 Å². The van der Waals surface area contributed by atoms with Gasteiger partial charge in [0.15, 0.2) is 0 Å². The van der Waals surface area contributed by atoms with Crippen LogP contribution in [0.2, 0.25) is 0 Å². The zero-order valence-corrected chi connectivity index (χ0v) is 8.49. The molecular formula is C7H13NO5S. The number of carboxylic acids is 2. The molecule has 0 spiro atoms. The van der Waals surface area contributed by atoms with Gasteiger partial charge in [-0.15, -0.1) is 0 Å². The maximum atomic E-state index is 10.1. The van der Waals surface area contributed by atoms with Crippen molar-refractivity contribution in [2.24, 2.45) is 5.73 Å². The van der Waals surface area contributed by atoms with Crippen molar-refractivity contribution in [3.63, 3.8) is 0 Å². The van der Waals surface area contributed by atoms with Crippen LogP contribution in [0.25, 0.3) is 0 Å². The Morgan fingerprint density at radius 2 is 1.93 bits per heavy atom. The number of carbonyl (C=O) groups is 3. The third-order valence-corrected chi connectivity index (χ3v) is 1.69. The number of rotatable bonds is 5. The van der Waals surface area contributed by atoms with Gasteiger partial charge in [0.2, 0.25) is 6.29 Å². The molecule has 0 radical (unpaired) electrons. The molecule has 0 unspecified atom stereocenters. The van der Waals surface area contributed by atoms with Crippen molar-refractivity contribution < 1.29 is 24.6 Å². The summed E-state index contributed by atoms with van der Waals surface area (Å²) >= 11 is 1.60. The lowest BCUT2D eigenvalue weighted by Gasteiger charge is -2.02. The van der Waals surface area contributed by atoms with E-state index in [4.69, 9.17) is 25.5 Å². The van der Waals surface area contributed by atoms with Crippen molar-refractivity contribution in [1.82, 2.24) is 0 Å². The van der Waals surface area contributed by atoms with Gasteiger partial charge in [-0.2, -0.15) is 11.8 Å². The van der Waals surface area contributed by atoms with Crippen LogP contribution in [0.5, 0.6) is 0 Å². The van der Waals surface area contributed by atoms with Gasteiger partial charge in [0.05, 0.1) is 0 Å². The van der Waals surface area contributed by atoms with Crippen LogP contribution in [0.1, 0.15) is 6.42 Å². The van der Waals surface area contributed by atoms with Gasteiger partial charge in [-0.3, -0.25) is 9.59 Å². The first kappa shape index (κ1) is 15.4. The highest BCUT2D eigenvalue weighted by Gasteiger charge is 2.08. The molecule has 0 rings (SSSR count).